The normalized spacial score (nSPS) is 10.7. The van der Waals surface area contributed by atoms with Crippen LogP contribution in [0.15, 0.2) is 46.2 Å². The third-order valence-corrected chi connectivity index (χ3v) is 4.86. The lowest BCUT2D eigenvalue weighted by Gasteiger charge is -2.09. The first-order valence-corrected chi connectivity index (χ1v) is 9.10. The fraction of sp³-hybridized carbons (Fsp3) is 0.235. The number of furan rings is 1. The van der Waals surface area contributed by atoms with Crippen molar-refractivity contribution in [2.24, 2.45) is 7.05 Å². The fourth-order valence-corrected chi connectivity index (χ4v) is 3.22. The van der Waals surface area contributed by atoms with E-state index in [2.05, 4.69) is 15.5 Å². The summed E-state index contributed by atoms with van der Waals surface area (Å²) in [5, 5.41) is 12.4. The number of carbonyl (C=O) groups excluding carboxylic acids is 1. The first-order chi connectivity index (χ1) is 12.6. The molecule has 0 saturated carbocycles. The van der Waals surface area contributed by atoms with Gasteiger partial charge in [0, 0.05) is 12.1 Å². The Morgan fingerprint density at radius 3 is 2.96 bits per heavy atom. The van der Waals surface area contributed by atoms with E-state index in [0.717, 1.165) is 5.56 Å². The number of ether oxygens (including phenoxy) is 1. The van der Waals surface area contributed by atoms with Crippen molar-refractivity contribution in [3.63, 3.8) is 0 Å². The third-order valence-electron chi connectivity index (χ3n) is 3.61. The van der Waals surface area contributed by atoms with E-state index in [0.29, 0.717) is 34.1 Å². The van der Waals surface area contributed by atoms with Gasteiger partial charge in [-0.2, -0.15) is 0 Å². The molecule has 1 aromatic carbocycles. The number of nitrogens with one attached hydrogen (secondary N) is 1. The van der Waals surface area contributed by atoms with Gasteiger partial charge in [-0.25, -0.2) is 0 Å². The van der Waals surface area contributed by atoms with Crippen molar-refractivity contribution in [1.82, 2.24) is 20.1 Å². The number of halogens is 1. The van der Waals surface area contributed by atoms with E-state index in [4.69, 9.17) is 20.8 Å². The number of amides is 1. The van der Waals surface area contributed by atoms with E-state index < -0.39 is 0 Å². The Balaban J connectivity index is 1.66. The maximum Gasteiger partial charge on any atom is 0.230 e. The lowest BCUT2D eigenvalue weighted by molar-refractivity contribution is -0.118. The average Bonchev–Trinajstić information content (AvgIpc) is 3.28. The summed E-state index contributed by atoms with van der Waals surface area (Å²) in [5.74, 6) is 2.08. The maximum absolute atomic E-state index is 12.0. The second-order valence-electron chi connectivity index (χ2n) is 5.35. The Morgan fingerprint density at radius 1 is 1.38 bits per heavy atom. The van der Waals surface area contributed by atoms with Gasteiger partial charge in [0.2, 0.25) is 5.91 Å². The molecule has 26 heavy (non-hydrogen) atoms. The highest BCUT2D eigenvalue weighted by atomic mass is 35.5. The number of benzene rings is 1. The zero-order valence-corrected chi connectivity index (χ0v) is 15.8. The molecule has 9 heteroatoms. The van der Waals surface area contributed by atoms with Crippen molar-refractivity contribution < 1.29 is 13.9 Å². The molecule has 0 aliphatic rings. The van der Waals surface area contributed by atoms with Gasteiger partial charge >= 0.3 is 0 Å². The highest BCUT2D eigenvalue weighted by Gasteiger charge is 2.16. The van der Waals surface area contributed by atoms with Gasteiger partial charge in [0.1, 0.15) is 11.5 Å². The number of hydrogen-bond acceptors (Lipinski definition) is 6. The topological polar surface area (TPSA) is 82.2 Å². The SMILES string of the molecule is COc1ccc(Cl)cc1-c1nnc(SCC(=O)NCc2ccco2)n1C. The molecule has 0 radical (unpaired) electrons. The third kappa shape index (κ3) is 4.20. The van der Waals surface area contributed by atoms with E-state index in [1.165, 1.54) is 11.8 Å². The van der Waals surface area contributed by atoms with Crippen LogP contribution in [0, 0.1) is 0 Å². The Labute approximate surface area is 159 Å². The van der Waals surface area contributed by atoms with Crippen LogP contribution in [0.2, 0.25) is 5.02 Å². The van der Waals surface area contributed by atoms with Crippen molar-refractivity contribution in [2.45, 2.75) is 11.7 Å². The van der Waals surface area contributed by atoms with E-state index in [1.54, 1.807) is 48.3 Å². The number of carbonyl (C=O) groups is 1. The predicted octanol–water partition coefficient (Wildman–Crippen LogP) is 3.15. The van der Waals surface area contributed by atoms with Crippen molar-refractivity contribution in [1.29, 1.82) is 0 Å². The summed E-state index contributed by atoms with van der Waals surface area (Å²) in [6.07, 6.45) is 1.57. The molecule has 2 heterocycles. The zero-order valence-electron chi connectivity index (χ0n) is 14.2. The van der Waals surface area contributed by atoms with E-state index in [-0.39, 0.29) is 11.7 Å². The molecule has 0 fully saturated rings. The lowest BCUT2D eigenvalue weighted by Crippen LogP contribution is -2.24. The molecule has 0 aliphatic heterocycles. The molecule has 1 N–H and O–H groups in total. The molecule has 0 unspecified atom stereocenters. The van der Waals surface area contributed by atoms with Gasteiger partial charge < -0.3 is 19.0 Å². The predicted molar refractivity (Wildman–Crippen MR) is 99.3 cm³/mol. The molecule has 2 aromatic heterocycles. The number of methoxy groups -OCH3 is 1. The summed E-state index contributed by atoms with van der Waals surface area (Å²) in [5.41, 5.74) is 0.740. The smallest absolute Gasteiger partial charge is 0.230 e. The molecular formula is C17H17ClN4O3S. The van der Waals surface area contributed by atoms with Crippen LogP contribution < -0.4 is 10.1 Å². The van der Waals surface area contributed by atoms with Gasteiger partial charge in [0.25, 0.3) is 0 Å². The van der Waals surface area contributed by atoms with E-state index in [9.17, 15) is 4.79 Å². The quantitative estimate of drug-likeness (QED) is 0.622. The number of thioether (sulfide) groups is 1. The van der Waals surface area contributed by atoms with Crippen LogP contribution in [0.1, 0.15) is 5.76 Å². The molecule has 1 amide bonds. The van der Waals surface area contributed by atoms with Crippen LogP contribution >= 0.6 is 23.4 Å². The largest absolute Gasteiger partial charge is 0.496 e. The molecule has 0 atom stereocenters. The summed E-state index contributed by atoms with van der Waals surface area (Å²) in [6, 6.07) is 8.89. The Bertz CT molecular complexity index is 896. The van der Waals surface area contributed by atoms with Crippen molar-refractivity contribution in [3.8, 4) is 17.1 Å². The fourth-order valence-electron chi connectivity index (χ4n) is 2.31. The van der Waals surface area contributed by atoms with Crippen LogP contribution in [0.5, 0.6) is 5.75 Å². The minimum Gasteiger partial charge on any atom is -0.496 e. The highest BCUT2D eigenvalue weighted by molar-refractivity contribution is 7.99. The van der Waals surface area contributed by atoms with Crippen molar-refractivity contribution in [3.05, 3.63) is 47.4 Å². The summed E-state index contributed by atoms with van der Waals surface area (Å²) in [4.78, 5) is 12.0. The van der Waals surface area contributed by atoms with Gasteiger partial charge in [-0.3, -0.25) is 4.79 Å². The maximum atomic E-state index is 12.0. The first kappa shape index (κ1) is 18.3. The van der Waals surface area contributed by atoms with Gasteiger partial charge in [-0.15, -0.1) is 10.2 Å². The second kappa shape index (κ2) is 8.29. The molecule has 136 valence electrons. The van der Waals surface area contributed by atoms with Crippen LogP contribution in [0.25, 0.3) is 11.4 Å². The standard InChI is InChI=1S/C17H17ClN4O3S/c1-22-16(13-8-11(18)5-6-14(13)24-2)20-21-17(22)26-10-15(23)19-9-12-4-3-7-25-12/h3-8H,9-10H2,1-2H3,(H,19,23). The summed E-state index contributed by atoms with van der Waals surface area (Å²) < 4.78 is 12.3. The molecule has 0 bridgehead atoms. The van der Waals surface area contributed by atoms with Gasteiger partial charge in [-0.05, 0) is 30.3 Å². The minimum absolute atomic E-state index is 0.115. The number of rotatable bonds is 7. The van der Waals surface area contributed by atoms with Crippen LogP contribution in [0.4, 0.5) is 0 Å². The summed E-state index contributed by atoms with van der Waals surface area (Å²) in [6.45, 7) is 0.357. The monoisotopic (exact) mass is 392 g/mol. The minimum atomic E-state index is -0.115. The second-order valence-corrected chi connectivity index (χ2v) is 6.73. The molecule has 3 aromatic rings. The summed E-state index contributed by atoms with van der Waals surface area (Å²) >= 11 is 7.38. The van der Waals surface area contributed by atoms with Crippen LogP contribution in [-0.2, 0) is 18.4 Å². The molecule has 0 saturated heterocycles. The zero-order chi connectivity index (χ0) is 18.5. The highest BCUT2D eigenvalue weighted by Crippen LogP contribution is 2.32. The van der Waals surface area contributed by atoms with Crippen molar-refractivity contribution in [2.75, 3.05) is 12.9 Å². The number of hydrogen-bond donors (Lipinski definition) is 1. The van der Waals surface area contributed by atoms with Crippen LogP contribution in [0.3, 0.4) is 0 Å². The average molecular weight is 393 g/mol. The van der Waals surface area contributed by atoms with Gasteiger partial charge in [0.15, 0.2) is 11.0 Å². The number of aromatic nitrogens is 3. The Kier molecular flexibility index (Phi) is 5.85. The Morgan fingerprint density at radius 2 is 2.23 bits per heavy atom. The molecule has 3 rings (SSSR count). The summed E-state index contributed by atoms with van der Waals surface area (Å²) in [7, 11) is 3.42. The number of nitrogens with zero attached hydrogens (tertiary/aromatic N) is 3. The van der Waals surface area contributed by atoms with Gasteiger partial charge in [-0.1, -0.05) is 23.4 Å². The molecular weight excluding hydrogens is 376 g/mol. The van der Waals surface area contributed by atoms with Crippen LogP contribution in [-0.4, -0.2) is 33.5 Å². The van der Waals surface area contributed by atoms with E-state index >= 15 is 0 Å². The van der Waals surface area contributed by atoms with Gasteiger partial charge in [0.05, 0.1) is 31.2 Å². The Hall–Kier alpha value is -2.45. The molecule has 7 nitrogen and oxygen atoms in total. The lowest BCUT2D eigenvalue weighted by atomic mass is 10.2. The molecule has 0 aliphatic carbocycles. The molecule has 0 spiro atoms. The van der Waals surface area contributed by atoms with Crippen molar-refractivity contribution >= 4 is 29.3 Å². The van der Waals surface area contributed by atoms with E-state index in [1.807, 2.05) is 7.05 Å². The first-order valence-electron chi connectivity index (χ1n) is 7.73.